The van der Waals surface area contributed by atoms with E-state index in [9.17, 15) is 13.9 Å². The lowest BCUT2D eigenvalue weighted by Crippen LogP contribution is -1.98. The summed E-state index contributed by atoms with van der Waals surface area (Å²) in [7, 11) is 0. The monoisotopic (exact) mass is 328 g/mol. The second kappa shape index (κ2) is 5.67. The largest absolute Gasteiger partial charge is 0.454 e. The lowest BCUT2D eigenvalue weighted by molar-refractivity contribution is 0.195. The summed E-state index contributed by atoms with van der Waals surface area (Å²) in [5.74, 6) is -0.807. The van der Waals surface area contributed by atoms with E-state index in [1.54, 1.807) is 6.07 Å². The number of hydrogen-bond donors (Lipinski definition) is 1. The smallest absolute Gasteiger partial charge is 0.165 e. The second-order valence-electron chi connectivity index (χ2n) is 4.03. The van der Waals surface area contributed by atoms with Gasteiger partial charge in [-0.3, -0.25) is 0 Å². The van der Waals surface area contributed by atoms with Crippen molar-refractivity contribution in [2.24, 2.45) is 0 Å². The molecule has 0 spiro atoms. The van der Waals surface area contributed by atoms with Gasteiger partial charge in [-0.1, -0.05) is 15.9 Å². The third-order valence-corrected chi connectivity index (χ3v) is 3.03. The number of halogens is 3. The number of hydrogen-bond acceptors (Lipinski definition) is 2. The number of ether oxygens (including phenoxy) is 1. The van der Waals surface area contributed by atoms with Crippen molar-refractivity contribution < 1.29 is 18.6 Å². The topological polar surface area (TPSA) is 29.5 Å². The van der Waals surface area contributed by atoms with Gasteiger partial charge >= 0.3 is 0 Å². The summed E-state index contributed by atoms with van der Waals surface area (Å²) >= 11 is 3.21. The van der Waals surface area contributed by atoms with E-state index < -0.39 is 17.7 Å². The van der Waals surface area contributed by atoms with Gasteiger partial charge in [-0.15, -0.1) is 0 Å². The molecule has 1 N–H and O–H groups in total. The standard InChI is InChI=1S/C14H11BrF2O2/c1-8(18)11-7-10(16)3-5-13(11)19-14-6-9(15)2-4-12(14)17/h2-8,18H,1H3/t8-/m0/s1. The Hall–Kier alpha value is -1.46. The third-order valence-electron chi connectivity index (χ3n) is 2.54. The summed E-state index contributed by atoms with van der Waals surface area (Å²) in [5.41, 5.74) is 0.263. The van der Waals surface area contributed by atoms with Crippen LogP contribution in [0.1, 0.15) is 18.6 Å². The van der Waals surface area contributed by atoms with Crippen LogP contribution in [0.4, 0.5) is 8.78 Å². The molecule has 0 bridgehead atoms. The van der Waals surface area contributed by atoms with E-state index in [4.69, 9.17) is 4.74 Å². The average Bonchev–Trinajstić information content (AvgIpc) is 2.35. The summed E-state index contributed by atoms with van der Waals surface area (Å²) in [6.07, 6.45) is -0.916. The molecule has 0 unspecified atom stereocenters. The first-order valence-corrected chi connectivity index (χ1v) is 6.37. The van der Waals surface area contributed by atoms with E-state index >= 15 is 0 Å². The molecule has 5 heteroatoms. The molecule has 2 aromatic carbocycles. The van der Waals surface area contributed by atoms with Crippen molar-refractivity contribution in [3.8, 4) is 11.5 Å². The molecule has 0 aliphatic rings. The van der Waals surface area contributed by atoms with Crippen LogP contribution in [-0.2, 0) is 0 Å². The summed E-state index contributed by atoms with van der Waals surface area (Å²) in [6.45, 7) is 1.49. The Morgan fingerprint density at radius 3 is 2.53 bits per heavy atom. The quantitative estimate of drug-likeness (QED) is 0.894. The Kier molecular flexibility index (Phi) is 4.17. The molecule has 100 valence electrons. The van der Waals surface area contributed by atoms with Gasteiger partial charge in [-0.25, -0.2) is 8.78 Å². The van der Waals surface area contributed by atoms with E-state index in [0.717, 1.165) is 6.07 Å². The van der Waals surface area contributed by atoms with Gasteiger partial charge in [0.25, 0.3) is 0 Å². The molecule has 0 amide bonds. The van der Waals surface area contributed by atoms with Crippen molar-refractivity contribution in [2.45, 2.75) is 13.0 Å². The third kappa shape index (κ3) is 3.30. The van der Waals surface area contributed by atoms with Gasteiger partial charge in [0.2, 0.25) is 0 Å². The molecule has 0 heterocycles. The molecule has 0 fully saturated rings. The zero-order chi connectivity index (χ0) is 14.0. The summed E-state index contributed by atoms with van der Waals surface area (Å²) < 4.78 is 32.8. The predicted molar refractivity (Wildman–Crippen MR) is 71.2 cm³/mol. The lowest BCUT2D eigenvalue weighted by Gasteiger charge is -2.13. The molecule has 0 saturated heterocycles. The highest BCUT2D eigenvalue weighted by atomic mass is 79.9. The zero-order valence-electron chi connectivity index (χ0n) is 10.0. The first-order chi connectivity index (χ1) is 8.97. The van der Waals surface area contributed by atoms with Crippen LogP contribution < -0.4 is 4.74 Å². The van der Waals surface area contributed by atoms with Gasteiger partial charge in [0.15, 0.2) is 11.6 Å². The van der Waals surface area contributed by atoms with Crippen molar-refractivity contribution in [1.82, 2.24) is 0 Å². The van der Waals surface area contributed by atoms with Crippen molar-refractivity contribution in [3.63, 3.8) is 0 Å². The molecule has 0 aromatic heterocycles. The fourth-order valence-corrected chi connectivity index (χ4v) is 1.95. The number of aliphatic hydroxyl groups is 1. The van der Waals surface area contributed by atoms with E-state index in [0.29, 0.717) is 4.47 Å². The molecule has 2 aromatic rings. The Morgan fingerprint density at radius 2 is 1.84 bits per heavy atom. The minimum atomic E-state index is -0.916. The predicted octanol–water partition coefficient (Wildman–Crippen LogP) is 4.57. The molecule has 0 radical (unpaired) electrons. The van der Waals surface area contributed by atoms with Crippen molar-refractivity contribution in [3.05, 3.63) is 58.1 Å². The van der Waals surface area contributed by atoms with Gasteiger partial charge in [0.1, 0.15) is 11.6 Å². The Labute approximate surface area is 117 Å². The fraction of sp³-hybridized carbons (Fsp3) is 0.143. The second-order valence-corrected chi connectivity index (χ2v) is 4.95. The van der Waals surface area contributed by atoms with Crippen molar-refractivity contribution >= 4 is 15.9 Å². The Morgan fingerprint density at radius 1 is 1.11 bits per heavy atom. The summed E-state index contributed by atoms with van der Waals surface area (Å²) in [4.78, 5) is 0. The van der Waals surface area contributed by atoms with Crippen LogP contribution in [0.3, 0.4) is 0 Å². The van der Waals surface area contributed by atoms with Gasteiger partial charge in [0, 0.05) is 10.0 Å². The van der Waals surface area contributed by atoms with Crippen LogP contribution in [0.2, 0.25) is 0 Å². The maximum absolute atomic E-state index is 13.6. The Balaban J connectivity index is 2.40. The van der Waals surface area contributed by atoms with E-state index in [-0.39, 0.29) is 17.1 Å². The molecular weight excluding hydrogens is 318 g/mol. The van der Waals surface area contributed by atoms with Crippen LogP contribution in [-0.4, -0.2) is 5.11 Å². The summed E-state index contributed by atoms with van der Waals surface area (Å²) in [6, 6.07) is 7.97. The number of benzene rings is 2. The lowest BCUT2D eigenvalue weighted by atomic mass is 10.1. The highest BCUT2D eigenvalue weighted by Crippen LogP contribution is 2.32. The highest BCUT2D eigenvalue weighted by molar-refractivity contribution is 9.10. The SMILES string of the molecule is C[C@H](O)c1cc(F)ccc1Oc1cc(Br)ccc1F. The summed E-state index contributed by atoms with van der Waals surface area (Å²) in [5, 5.41) is 9.58. The number of rotatable bonds is 3. The first kappa shape index (κ1) is 14.0. The highest BCUT2D eigenvalue weighted by Gasteiger charge is 2.13. The first-order valence-electron chi connectivity index (χ1n) is 5.58. The van der Waals surface area contributed by atoms with Crippen LogP contribution in [0.5, 0.6) is 11.5 Å². The molecule has 1 atom stereocenters. The number of aliphatic hydroxyl groups excluding tert-OH is 1. The van der Waals surface area contributed by atoms with Crippen LogP contribution in [0, 0.1) is 11.6 Å². The van der Waals surface area contributed by atoms with Gasteiger partial charge in [-0.05, 0) is 43.3 Å². The van der Waals surface area contributed by atoms with Crippen LogP contribution in [0.15, 0.2) is 40.9 Å². The zero-order valence-corrected chi connectivity index (χ0v) is 11.6. The van der Waals surface area contributed by atoms with Crippen molar-refractivity contribution in [2.75, 3.05) is 0 Å². The van der Waals surface area contributed by atoms with Gasteiger partial charge in [0.05, 0.1) is 6.10 Å². The molecule has 2 rings (SSSR count). The maximum atomic E-state index is 13.6. The van der Waals surface area contributed by atoms with Gasteiger partial charge in [-0.2, -0.15) is 0 Å². The van der Waals surface area contributed by atoms with E-state index in [1.807, 2.05) is 0 Å². The van der Waals surface area contributed by atoms with Crippen LogP contribution in [0.25, 0.3) is 0 Å². The molecule has 0 aliphatic heterocycles. The molecule has 0 aliphatic carbocycles. The Bertz CT molecular complexity index is 600. The van der Waals surface area contributed by atoms with Crippen molar-refractivity contribution in [1.29, 1.82) is 0 Å². The average molecular weight is 329 g/mol. The molecule has 2 nitrogen and oxygen atoms in total. The van der Waals surface area contributed by atoms with Gasteiger partial charge < -0.3 is 9.84 Å². The molecular formula is C14H11BrF2O2. The normalized spacial score (nSPS) is 12.3. The minimum Gasteiger partial charge on any atom is -0.454 e. The van der Waals surface area contributed by atoms with Crippen LogP contribution >= 0.6 is 15.9 Å². The molecule has 0 saturated carbocycles. The fourth-order valence-electron chi connectivity index (χ4n) is 1.61. The molecule has 19 heavy (non-hydrogen) atoms. The van der Waals surface area contributed by atoms with E-state index in [2.05, 4.69) is 15.9 Å². The maximum Gasteiger partial charge on any atom is 0.165 e. The minimum absolute atomic E-state index is 0.00267. The van der Waals surface area contributed by atoms with E-state index in [1.165, 1.54) is 31.2 Å².